The second kappa shape index (κ2) is 10.4. The highest BCUT2D eigenvalue weighted by atomic mass is 19.4. The molecule has 2 aliphatic carbocycles. The Hall–Kier alpha value is -4.36. The summed E-state index contributed by atoms with van der Waals surface area (Å²) in [6.45, 7) is 4.51. The van der Waals surface area contributed by atoms with Gasteiger partial charge in [-0.3, -0.25) is 19.1 Å². The van der Waals surface area contributed by atoms with Gasteiger partial charge in [0.1, 0.15) is 23.3 Å². The van der Waals surface area contributed by atoms with Crippen molar-refractivity contribution in [2.24, 2.45) is 5.92 Å². The van der Waals surface area contributed by atoms with Crippen molar-refractivity contribution in [3.05, 3.63) is 52.9 Å². The van der Waals surface area contributed by atoms with Crippen molar-refractivity contribution < 1.29 is 32.3 Å². The molecule has 1 aromatic heterocycles. The van der Waals surface area contributed by atoms with Crippen LogP contribution in [0.2, 0.25) is 0 Å². The zero-order chi connectivity index (χ0) is 31.7. The summed E-state index contributed by atoms with van der Waals surface area (Å²) in [5.41, 5.74) is 1.79. The van der Waals surface area contributed by atoms with Crippen molar-refractivity contribution in [1.82, 2.24) is 25.3 Å². The monoisotopic (exact) mass is 613 g/mol. The number of hydrogen-bond donors (Lipinski definition) is 3. The standard InChI is InChI=1S/C30H34F3N7O4/c1-15(2)40-20(11-12-34-40)25(41)37-24(23(16-5-6-16)17-7-8-17)26(42)35-18-9-10-19-21(13-18)38(4)27(43)29(19,3)39-14-22(30(31,32)33)36-28(39)44/h9-13,15-16,22,24H,5-8,14H2,1-4H3,(H,35,42)(H,36,44)(H,37,41)/t22-,24-,29-/m0/s1. The summed E-state index contributed by atoms with van der Waals surface area (Å²) in [5.74, 6) is -1.23. The summed E-state index contributed by atoms with van der Waals surface area (Å²) in [6, 6.07) is 2.17. The van der Waals surface area contributed by atoms with E-state index in [1.54, 1.807) is 22.9 Å². The average molecular weight is 614 g/mol. The van der Waals surface area contributed by atoms with E-state index in [4.69, 9.17) is 0 Å². The number of urea groups is 1. The lowest BCUT2D eigenvalue weighted by atomic mass is 9.91. The predicted molar refractivity (Wildman–Crippen MR) is 154 cm³/mol. The number of carbonyl (C=O) groups is 4. The van der Waals surface area contributed by atoms with Crippen molar-refractivity contribution in [2.75, 3.05) is 23.8 Å². The third-order valence-corrected chi connectivity index (χ3v) is 8.88. The number of fused-ring (bicyclic) bond motifs is 1. The molecule has 2 aliphatic heterocycles. The van der Waals surface area contributed by atoms with E-state index in [-0.39, 0.29) is 12.0 Å². The molecule has 6 rings (SSSR count). The maximum Gasteiger partial charge on any atom is 0.410 e. The lowest BCUT2D eigenvalue weighted by Gasteiger charge is -2.33. The maximum absolute atomic E-state index is 13.9. The van der Waals surface area contributed by atoms with Crippen LogP contribution >= 0.6 is 0 Å². The summed E-state index contributed by atoms with van der Waals surface area (Å²) in [4.78, 5) is 55.5. The SMILES string of the molecule is CC(C)n1nccc1C(=O)N[C@H](C(=O)Nc1ccc2c(c1)N(C)C(=O)[C@@]2(C)N1C[C@@H](C(F)(F)F)NC1=O)C(=C1CC1)C1CC1. The molecule has 234 valence electrons. The van der Waals surface area contributed by atoms with Crippen LogP contribution < -0.4 is 20.9 Å². The number of nitrogens with one attached hydrogen (secondary N) is 3. The Balaban J connectivity index is 1.28. The number of hydrogen-bond acceptors (Lipinski definition) is 5. The molecule has 0 radical (unpaired) electrons. The summed E-state index contributed by atoms with van der Waals surface area (Å²) in [7, 11) is 1.47. The van der Waals surface area contributed by atoms with Crippen molar-refractivity contribution >= 4 is 35.1 Å². The summed E-state index contributed by atoms with van der Waals surface area (Å²) < 4.78 is 41.8. The van der Waals surface area contributed by atoms with Crippen molar-refractivity contribution in [3.8, 4) is 0 Å². The molecular formula is C30H34F3N7O4. The third kappa shape index (κ3) is 4.99. The number of likely N-dealkylation sites (N-methyl/N-ethyl adjacent to an activating group) is 1. The van der Waals surface area contributed by atoms with Gasteiger partial charge in [-0.1, -0.05) is 11.6 Å². The number of allylic oxidation sites excluding steroid dienone is 1. The van der Waals surface area contributed by atoms with Crippen LogP contribution in [0.4, 0.5) is 29.3 Å². The number of halogens is 3. The van der Waals surface area contributed by atoms with Gasteiger partial charge in [-0.05, 0) is 76.1 Å². The molecule has 3 atom stereocenters. The second-order valence-corrected chi connectivity index (χ2v) is 12.3. The quantitative estimate of drug-likeness (QED) is 0.390. The number of alkyl halides is 3. The number of nitrogens with zero attached hydrogens (tertiary/aromatic N) is 4. The fourth-order valence-corrected chi connectivity index (χ4v) is 6.30. The van der Waals surface area contributed by atoms with E-state index < -0.39 is 54.1 Å². The molecule has 0 bridgehead atoms. The van der Waals surface area contributed by atoms with Gasteiger partial charge in [0, 0.05) is 30.5 Å². The van der Waals surface area contributed by atoms with Crippen LogP contribution in [0.3, 0.4) is 0 Å². The van der Waals surface area contributed by atoms with E-state index in [1.807, 2.05) is 19.2 Å². The van der Waals surface area contributed by atoms with Gasteiger partial charge in [-0.2, -0.15) is 18.3 Å². The molecule has 11 nitrogen and oxygen atoms in total. The van der Waals surface area contributed by atoms with Gasteiger partial charge in [0.15, 0.2) is 0 Å². The molecule has 0 spiro atoms. The minimum atomic E-state index is -4.67. The van der Waals surface area contributed by atoms with Crippen molar-refractivity contribution in [3.63, 3.8) is 0 Å². The Morgan fingerprint density at radius 2 is 1.84 bits per heavy atom. The molecule has 1 saturated heterocycles. The van der Waals surface area contributed by atoms with Gasteiger partial charge >= 0.3 is 12.2 Å². The van der Waals surface area contributed by atoms with Crippen molar-refractivity contribution in [2.45, 2.75) is 76.3 Å². The van der Waals surface area contributed by atoms with Crippen LogP contribution in [0.1, 0.15) is 68.5 Å². The third-order valence-electron chi connectivity index (χ3n) is 8.88. The van der Waals surface area contributed by atoms with Gasteiger partial charge < -0.3 is 25.8 Å². The zero-order valence-electron chi connectivity index (χ0n) is 24.8. The molecule has 4 aliphatic rings. The number of aromatic nitrogens is 2. The molecule has 2 aromatic rings. The van der Waals surface area contributed by atoms with E-state index in [9.17, 15) is 32.3 Å². The van der Waals surface area contributed by atoms with Gasteiger partial charge in [-0.15, -0.1) is 0 Å². The lowest BCUT2D eigenvalue weighted by molar-refractivity contribution is -0.152. The Morgan fingerprint density at radius 3 is 2.43 bits per heavy atom. The fourth-order valence-electron chi connectivity index (χ4n) is 6.30. The minimum absolute atomic E-state index is 0.0644. The van der Waals surface area contributed by atoms with Gasteiger partial charge in [0.05, 0.1) is 12.2 Å². The number of benzene rings is 1. The normalized spacial score (nSPS) is 23.5. The highest BCUT2D eigenvalue weighted by molar-refractivity contribution is 6.10. The topological polar surface area (TPSA) is 129 Å². The van der Waals surface area contributed by atoms with E-state index in [0.29, 0.717) is 22.6 Å². The minimum Gasteiger partial charge on any atom is -0.335 e. The molecule has 3 heterocycles. The Morgan fingerprint density at radius 1 is 1.14 bits per heavy atom. The summed E-state index contributed by atoms with van der Waals surface area (Å²) in [5, 5.41) is 12.0. The highest BCUT2D eigenvalue weighted by Crippen LogP contribution is 2.48. The maximum atomic E-state index is 13.9. The van der Waals surface area contributed by atoms with Gasteiger partial charge in [-0.25, -0.2) is 4.79 Å². The molecule has 5 amide bonds. The number of rotatable bonds is 8. The summed E-state index contributed by atoms with van der Waals surface area (Å²) >= 11 is 0. The molecule has 3 N–H and O–H groups in total. The Kier molecular flexibility index (Phi) is 7.00. The molecule has 1 aromatic carbocycles. The predicted octanol–water partition coefficient (Wildman–Crippen LogP) is 3.85. The van der Waals surface area contributed by atoms with Gasteiger partial charge in [0.25, 0.3) is 17.7 Å². The van der Waals surface area contributed by atoms with E-state index in [1.165, 1.54) is 36.7 Å². The first-order chi connectivity index (χ1) is 20.7. The average Bonchev–Trinajstić information content (AvgIpc) is 3.88. The largest absolute Gasteiger partial charge is 0.410 e. The lowest BCUT2D eigenvalue weighted by Crippen LogP contribution is -2.52. The molecule has 3 fully saturated rings. The molecule has 44 heavy (non-hydrogen) atoms. The van der Waals surface area contributed by atoms with E-state index in [0.717, 1.165) is 36.2 Å². The number of anilines is 2. The first-order valence-corrected chi connectivity index (χ1v) is 14.7. The molecular weight excluding hydrogens is 579 g/mol. The van der Waals surface area contributed by atoms with E-state index in [2.05, 4.69) is 15.7 Å². The van der Waals surface area contributed by atoms with Crippen LogP contribution in [-0.2, 0) is 15.1 Å². The van der Waals surface area contributed by atoms with E-state index >= 15 is 0 Å². The Labute approximate surface area is 251 Å². The summed E-state index contributed by atoms with van der Waals surface area (Å²) in [6.07, 6.45) is 0.493. The smallest absolute Gasteiger partial charge is 0.335 e. The zero-order valence-corrected chi connectivity index (χ0v) is 24.8. The van der Waals surface area contributed by atoms with Crippen LogP contribution in [0, 0.1) is 5.92 Å². The molecule has 0 unspecified atom stereocenters. The van der Waals surface area contributed by atoms with Gasteiger partial charge in [0.2, 0.25) is 0 Å². The van der Waals surface area contributed by atoms with Crippen LogP contribution in [-0.4, -0.2) is 70.3 Å². The van der Waals surface area contributed by atoms with Crippen molar-refractivity contribution in [1.29, 1.82) is 0 Å². The van der Waals surface area contributed by atoms with Crippen LogP contribution in [0.5, 0.6) is 0 Å². The number of carbonyl (C=O) groups excluding carboxylic acids is 4. The van der Waals surface area contributed by atoms with Crippen LogP contribution in [0.25, 0.3) is 0 Å². The first-order valence-electron chi connectivity index (χ1n) is 14.7. The molecule has 2 saturated carbocycles. The Bertz CT molecular complexity index is 1590. The van der Waals surface area contributed by atoms with Crippen LogP contribution in [0.15, 0.2) is 41.6 Å². The highest BCUT2D eigenvalue weighted by Gasteiger charge is 2.58. The molecule has 14 heteroatoms. The fraction of sp³-hybridized carbons (Fsp3) is 0.500. The number of amides is 5. The second-order valence-electron chi connectivity index (χ2n) is 12.3. The first kappa shape index (κ1) is 29.7.